The number of rotatable bonds is 6. The molecule has 1 saturated heterocycles. The van der Waals surface area contributed by atoms with E-state index in [0.717, 1.165) is 22.3 Å². The van der Waals surface area contributed by atoms with Crippen molar-refractivity contribution in [2.75, 3.05) is 13.2 Å². The van der Waals surface area contributed by atoms with Crippen LogP contribution in [0.4, 0.5) is 4.79 Å². The van der Waals surface area contributed by atoms with Gasteiger partial charge in [-0.15, -0.1) is 12.3 Å². The molecule has 0 radical (unpaired) electrons. The van der Waals surface area contributed by atoms with Crippen molar-refractivity contribution >= 4 is 18.0 Å². The molecule has 0 aromatic heterocycles. The highest BCUT2D eigenvalue weighted by atomic mass is 16.5. The summed E-state index contributed by atoms with van der Waals surface area (Å²) < 4.78 is 5.52. The number of nitrogens with one attached hydrogen (secondary N) is 1. The van der Waals surface area contributed by atoms with Gasteiger partial charge in [-0.25, -0.2) is 9.59 Å². The summed E-state index contributed by atoms with van der Waals surface area (Å²) in [4.78, 5) is 38.6. The normalized spacial score (nSPS) is 19.8. The largest absolute Gasteiger partial charge is 0.480 e. The Morgan fingerprint density at radius 1 is 1.15 bits per heavy atom. The maximum Gasteiger partial charge on any atom is 0.407 e. The number of benzene rings is 2. The molecule has 3 unspecified atom stereocenters. The molecular weight excluding hydrogens is 420 g/mol. The molecule has 1 aliphatic heterocycles. The van der Waals surface area contributed by atoms with Crippen LogP contribution in [-0.2, 0) is 14.3 Å². The molecule has 7 heteroatoms. The van der Waals surface area contributed by atoms with E-state index in [9.17, 15) is 19.5 Å². The fraction of sp³-hybridized carbons (Fsp3) is 0.346. The van der Waals surface area contributed by atoms with Crippen molar-refractivity contribution in [1.82, 2.24) is 10.2 Å². The Hall–Kier alpha value is -3.79. The number of alkyl carbamates (subject to hydrolysis) is 1. The van der Waals surface area contributed by atoms with Crippen LogP contribution in [0.5, 0.6) is 0 Å². The van der Waals surface area contributed by atoms with Crippen molar-refractivity contribution in [3.8, 4) is 23.5 Å². The number of carbonyl (C=O) groups is 3. The Morgan fingerprint density at radius 3 is 2.33 bits per heavy atom. The van der Waals surface area contributed by atoms with Crippen LogP contribution >= 0.6 is 0 Å². The minimum absolute atomic E-state index is 0.0553. The van der Waals surface area contributed by atoms with E-state index in [-0.39, 0.29) is 24.9 Å². The molecule has 3 atom stereocenters. The maximum atomic E-state index is 13.0. The summed E-state index contributed by atoms with van der Waals surface area (Å²) in [6.07, 6.45) is 5.18. The molecule has 1 fully saturated rings. The van der Waals surface area contributed by atoms with Gasteiger partial charge in [0.1, 0.15) is 18.7 Å². The minimum Gasteiger partial charge on any atom is -0.480 e. The van der Waals surface area contributed by atoms with Crippen molar-refractivity contribution in [3.63, 3.8) is 0 Å². The number of fused-ring (bicyclic) bond motifs is 3. The summed E-state index contributed by atoms with van der Waals surface area (Å²) in [6.45, 7) is 2.21. The Bertz CT molecular complexity index is 1080. The van der Waals surface area contributed by atoms with E-state index in [1.165, 1.54) is 4.90 Å². The number of hydrogen-bond donors (Lipinski definition) is 2. The lowest BCUT2D eigenvalue weighted by Crippen LogP contribution is -2.52. The second-order valence-corrected chi connectivity index (χ2v) is 8.51. The number of terminal acetylenes is 1. The molecule has 0 spiro atoms. The highest BCUT2D eigenvalue weighted by molar-refractivity contribution is 5.90. The first kappa shape index (κ1) is 22.4. The van der Waals surface area contributed by atoms with Gasteiger partial charge in [-0.3, -0.25) is 4.79 Å². The molecule has 2 aromatic rings. The molecule has 2 N–H and O–H groups in total. The third kappa shape index (κ3) is 4.29. The average molecular weight is 447 g/mol. The van der Waals surface area contributed by atoms with E-state index < -0.39 is 30.1 Å². The summed E-state index contributed by atoms with van der Waals surface area (Å²) in [6, 6.07) is 14.0. The Balaban J connectivity index is 1.44. The second kappa shape index (κ2) is 9.37. The molecular formula is C26H26N2O5. The summed E-state index contributed by atoms with van der Waals surface area (Å²) in [5.41, 5.74) is 4.40. The van der Waals surface area contributed by atoms with Crippen LogP contribution in [0.3, 0.4) is 0 Å². The van der Waals surface area contributed by atoms with Crippen molar-refractivity contribution in [3.05, 3.63) is 59.7 Å². The number of ether oxygens (including phenoxy) is 1. The van der Waals surface area contributed by atoms with Crippen LogP contribution in [0.15, 0.2) is 48.5 Å². The van der Waals surface area contributed by atoms with Gasteiger partial charge in [-0.2, -0.15) is 0 Å². The lowest BCUT2D eigenvalue weighted by atomic mass is 9.98. The van der Waals surface area contributed by atoms with Gasteiger partial charge >= 0.3 is 12.1 Å². The van der Waals surface area contributed by atoms with Crippen LogP contribution in [0, 0.1) is 18.3 Å². The summed E-state index contributed by atoms with van der Waals surface area (Å²) in [5.74, 6) is 0.544. The highest BCUT2D eigenvalue weighted by Gasteiger charge is 2.42. The minimum atomic E-state index is -1.06. The molecule has 1 aliphatic carbocycles. The van der Waals surface area contributed by atoms with E-state index >= 15 is 0 Å². The van der Waals surface area contributed by atoms with Gasteiger partial charge in [0.2, 0.25) is 5.91 Å². The van der Waals surface area contributed by atoms with E-state index in [1.54, 1.807) is 6.92 Å². The first-order valence-corrected chi connectivity index (χ1v) is 11.0. The fourth-order valence-electron chi connectivity index (χ4n) is 4.87. The molecule has 2 aliphatic rings. The monoisotopic (exact) mass is 446 g/mol. The number of likely N-dealkylation sites (tertiary alicyclic amines) is 1. The Kier molecular flexibility index (Phi) is 6.36. The van der Waals surface area contributed by atoms with Crippen molar-refractivity contribution < 1.29 is 24.2 Å². The third-order valence-corrected chi connectivity index (χ3v) is 6.49. The molecule has 0 saturated carbocycles. The topological polar surface area (TPSA) is 95.9 Å². The number of carbonyl (C=O) groups excluding carboxylic acids is 2. The van der Waals surface area contributed by atoms with E-state index in [1.807, 2.05) is 48.5 Å². The van der Waals surface area contributed by atoms with Crippen molar-refractivity contribution in [2.24, 2.45) is 5.92 Å². The summed E-state index contributed by atoms with van der Waals surface area (Å²) >= 11 is 0. The number of hydrogen-bond acceptors (Lipinski definition) is 4. The van der Waals surface area contributed by atoms with Crippen molar-refractivity contribution in [1.29, 1.82) is 0 Å². The van der Waals surface area contributed by atoms with Gasteiger partial charge in [0.05, 0.1) is 0 Å². The lowest BCUT2D eigenvalue weighted by molar-refractivity contribution is -0.150. The number of aliphatic carboxylic acids is 1. The molecule has 2 amide bonds. The highest BCUT2D eigenvalue weighted by Crippen LogP contribution is 2.44. The zero-order chi connectivity index (χ0) is 23.5. The number of nitrogens with zero attached hydrogens (tertiary/aromatic N) is 1. The second-order valence-electron chi connectivity index (χ2n) is 8.51. The van der Waals surface area contributed by atoms with E-state index in [0.29, 0.717) is 13.0 Å². The van der Waals surface area contributed by atoms with Gasteiger partial charge in [-0.1, -0.05) is 55.5 Å². The van der Waals surface area contributed by atoms with Gasteiger partial charge in [0, 0.05) is 18.9 Å². The van der Waals surface area contributed by atoms with E-state index in [2.05, 4.69) is 11.2 Å². The average Bonchev–Trinajstić information content (AvgIpc) is 3.35. The van der Waals surface area contributed by atoms with Crippen LogP contribution in [0.25, 0.3) is 11.1 Å². The number of carboxylic acids is 1. The first-order chi connectivity index (χ1) is 15.9. The lowest BCUT2D eigenvalue weighted by Gasteiger charge is -2.27. The molecule has 7 nitrogen and oxygen atoms in total. The number of amides is 2. The van der Waals surface area contributed by atoms with E-state index in [4.69, 9.17) is 11.2 Å². The van der Waals surface area contributed by atoms with Crippen LogP contribution in [-0.4, -0.2) is 53.2 Å². The molecule has 4 rings (SSSR count). The predicted molar refractivity (Wildman–Crippen MR) is 122 cm³/mol. The third-order valence-electron chi connectivity index (χ3n) is 6.49. The van der Waals surface area contributed by atoms with Crippen LogP contribution in [0.2, 0.25) is 0 Å². The predicted octanol–water partition coefficient (Wildman–Crippen LogP) is 3.24. The zero-order valence-corrected chi connectivity index (χ0v) is 18.4. The fourth-order valence-corrected chi connectivity index (χ4v) is 4.87. The standard InChI is InChI=1S/C26H26N2O5/c1-3-8-22(24(29)28-14-13-16(2)23(28)25(30)31)27-26(32)33-15-21-19-11-6-4-9-17(19)18-10-5-7-12-20(18)21/h1,4-7,9-12,16,21-23H,8,13-15H2,2H3,(H,27,32)(H,30,31). The molecule has 0 bridgehead atoms. The first-order valence-electron chi connectivity index (χ1n) is 11.0. The smallest absolute Gasteiger partial charge is 0.407 e. The molecule has 170 valence electrons. The van der Waals surface area contributed by atoms with Gasteiger partial charge in [0.15, 0.2) is 0 Å². The zero-order valence-electron chi connectivity index (χ0n) is 18.4. The quantitative estimate of drug-likeness (QED) is 0.664. The molecule has 1 heterocycles. The van der Waals surface area contributed by atoms with Crippen LogP contribution in [0.1, 0.15) is 36.8 Å². The molecule has 33 heavy (non-hydrogen) atoms. The maximum absolute atomic E-state index is 13.0. The summed E-state index contributed by atoms with van der Waals surface area (Å²) in [7, 11) is 0. The SMILES string of the molecule is C#CCC(NC(=O)OCC1c2ccccc2-c2ccccc21)C(=O)N1CCC(C)C1C(=O)O. The van der Waals surface area contributed by atoms with Crippen molar-refractivity contribution in [2.45, 2.75) is 37.8 Å². The Labute approximate surface area is 192 Å². The van der Waals surface area contributed by atoms with Crippen LogP contribution < -0.4 is 5.32 Å². The summed E-state index contributed by atoms with van der Waals surface area (Å²) in [5, 5.41) is 12.1. The Morgan fingerprint density at radius 2 is 1.76 bits per heavy atom. The van der Waals surface area contributed by atoms with Gasteiger partial charge in [0.25, 0.3) is 0 Å². The van der Waals surface area contributed by atoms with Gasteiger partial charge in [-0.05, 0) is 34.6 Å². The van der Waals surface area contributed by atoms with Gasteiger partial charge < -0.3 is 20.1 Å². The number of carboxylic acid groups (broad SMARTS) is 1. The molecule has 2 aromatic carbocycles.